The van der Waals surface area contributed by atoms with Crippen LogP contribution in [0.15, 0.2) is 35.3 Å². The van der Waals surface area contributed by atoms with Gasteiger partial charge in [0.05, 0.1) is 12.3 Å². The van der Waals surface area contributed by atoms with E-state index < -0.39 is 5.97 Å². The summed E-state index contributed by atoms with van der Waals surface area (Å²) >= 11 is 0. The summed E-state index contributed by atoms with van der Waals surface area (Å²) < 4.78 is 0. The molecule has 5 rings (SSSR count). The second kappa shape index (κ2) is 11.5. The van der Waals surface area contributed by atoms with Crippen molar-refractivity contribution in [2.75, 3.05) is 41.3 Å². The van der Waals surface area contributed by atoms with Crippen molar-refractivity contribution in [2.24, 2.45) is 11.8 Å². The highest BCUT2D eigenvalue weighted by molar-refractivity contribution is 5.90. The minimum atomic E-state index is -0.725. The maximum Gasteiger partial charge on any atom is 0.303 e. The van der Waals surface area contributed by atoms with E-state index in [0.29, 0.717) is 40.9 Å². The van der Waals surface area contributed by atoms with Crippen LogP contribution >= 0.6 is 0 Å². The number of benzene rings is 1. The molecule has 2 aliphatic heterocycles. The molecule has 0 spiro atoms. The van der Waals surface area contributed by atoms with Crippen molar-refractivity contribution in [3.8, 4) is 6.07 Å². The van der Waals surface area contributed by atoms with Gasteiger partial charge in [0.15, 0.2) is 0 Å². The monoisotopic (exact) mass is 516 g/mol. The summed E-state index contributed by atoms with van der Waals surface area (Å²) in [5.41, 5.74) is 2.04. The number of hydrogen-bond donors (Lipinski definition) is 3. The highest BCUT2D eigenvalue weighted by atomic mass is 16.4. The van der Waals surface area contributed by atoms with Crippen LogP contribution in [0, 0.1) is 23.2 Å². The van der Waals surface area contributed by atoms with Crippen molar-refractivity contribution < 1.29 is 9.90 Å². The molecule has 2 saturated heterocycles. The van der Waals surface area contributed by atoms with Crippen LogP contribution < -0.4 is 20.7 Å². The fourth-order valence-electron chi connectivity index (χ4n) is 5.39. The summed E-state index contributed by atoms with van der Waals surface area (Å²) in [6, 6.07) is 10.3. The van der Waals surface area contributed by atoms with E-state index in [2.05, 4.69) is 48.5 Å². The number of H-pyrrole nitrogens is 1. The first-order valence-electron chi connectivity index (χ1n) is 13.2. The Morgan fingerprint density at radius 3 is 2.42 bits per heavy atom. The second-order valence-electron chi connectivity index (χ2n) is 10.2. The van der Waals surface area contributed by atoms with Crippen LogP contribution in [0.3, 0.4) is 0 Å². The number of nitrogens with zero attached hydrogens (tertiary/aromatic N) is 6. The maximum absolute atomic E-state index is 12.6. The van der Waals surface area contributed by atoms with E-state index in [1.807, 2.05) is 12.1 Å². The average molecular weight is 517 g/mol. The van der Waals surface area contributed by atoms with Gasteiger partial charge in [-0.15, -0.1) is 0 Å². The summed E-state index contributed by atoms with van der Waals surface area (Å²) in [6.45, 7) is 3.33. The summed E-state index contributed by atoms with van der Waals surface area (Å²) in [7, 11) is 0. The van der Waals surface area contributed by atoms with E-state index in [0.717, 1.165) is 69.7 Å². The molecule has 38 heavy (non-hydrogen) atoms. The lowest BCUT2D eigenvalue weighted by Crippen LogP contribution is -2.35. The standard InChI is InChI=1S/C27H32N8O3/c28-12-7-19-10-15-35(16-11-19)27-31-22-17-29-33-26(38)24(22)25(32-27)30-20-2-4-21(5-3-20)34-13-8-18(9-14-34)1-6-23(36)37/h2-5,17-19H,1,6-11,13-16H2,(H,33,38)(H,36,37)(H,30,31,32). The molecule has 0 amide bonds. The fraction of sp³-hybridized carbons (Fsp3) is 0.481. The van der Waals surface area contributed by atoms with Crippen LogP contribution in [0.1, 0.15) is 44.9 Å². The first-order valence-corrected chi connectivity index (χ1v) is 13.2. The zero-order valence-electron chi connectivity index (χ0n) is 21.3. The van der Waals surface area contributed by atoms with Gasteiger partial charge in [-0.3, -0.25) is 9.59 Å². The minimum Gasteiger partial charge on any atom is -0.481 e. The number of rotatable bonds is 8. The summed E-state index contributed by atoms with van der Waals surface area (Å²) in [4.78, 5) is 37.3. The minimum absolute atomic E-state index is 0.239. The van der Waals surface area contributed by atoms with E-state index in [1.165, 1.54) is 0 Å². The SMILES string of the molecule is N#CCC1CCN(c2nc(Nc3ccc(N4CCC(CCC(=O)O)CC4)cc3)c3c(=O)[nH]ncc3n2)CC1. The first-order chi connectivity index (χ1) is 18.5. The van der Waals surface area contributed by atoms with Gasteiger partial charge in [-0.25, -0.2) is 10.1 Å². The van der Waals surface area contributed by atoms with E-state index in [9.17, 15) is 9.59 Å². The molecule has 3 aromatic rings. The molecule has 0 atom stereocenters. The maximum atomic E-state index is 12.6. The lowest BCUT2D eigenvalue weighted by Gasteiger charge is -2.33. The molecule has 0 aliphatic carbocycles. The van der Waals surface area contributed by atoms with Gasteiger partial charge in [0.2, 0.25) is 5.95 Å². The van der Waals surface area contributed by atoms with Gasteiger partial charge in [0.1, 0.15) is 16.7 Å². The molecule has 3 N–H and O–H groups in total. The number of hydrogen-bond acceptors (Lipinski definition) is 9. The molecule has 2 aliphatic rings. The van der Waals surface area contributed by atoms with Crippen LogP contribution in [-0.2, 0) is 4.79 Å². The molecule has 11 heteroatoms. The smallest absolute Gasteiger partial charge is 0.303 e. The fourth-order valence-corrected chi connectivity index (χ4v) is 5.39. The Hall–Kier alpha value is -4.20. The number of nitrogens with one attached hydrogen (secondary N) is 2. The average Bonchev–Trinajstić information content (AvgIpc) is 2.93. The Morgan fingerprint density at radius 1 is 1.05 bits per heavy atom. The van der Waals surface area contributed by atoms with Gasteiger partial charge < -0.3 is 20.2 Å². The lowest BCUT2D eigenvalue weighted by molar-refractivity contribution is -0.137. The van der Waals surface area contributed by atoms with Crippen molar-refractivity contribution in [3.05, 3.63) is 40.8 Å². The number of nitriles is 1. The Morgan fingerprint density at radius 2 is 1.74 bits per heavy atom. The molecule has 4 heterocycles. The number of anilines is 4. The molecule has 0 saturated carbocycles. The first kappa shape index (κ1) is 25.4. The molecule has 2 fully saturated rings. The van der Waals surface area contributed by atoms with Gasteiger partial charge >= 0.3 is 5.97 Å². The van der Waals surface area contributed by atoms with Crippen molar-refractivity contribution in [1.29, 1.82) is 5.26 Å². The van der Waals surface area contributed by atoms with Crippen LogP contribution in [0.5, 0.6) is 0 Å². The Labute approximate surface area is 220 Å². The molecule has 2 aromatic heterocycles. The van der Waals surface area contributed by atoms with Gasteiger partial charge in [0, 0.05) is 50.4 Å². The van der Waals surface area contributed by atoms with Crippen molar-refractivity contribution in [2.45, 2.75) is 44.9 Å². The molecule has 198 valence electrons. The van der Waals surface area contributed by atoms with Crippen LogP contribution in [-0.4, -0.2) is 57.4 Å². The van der Waals surface area contributed by atoms with Crippen LogP contribution in [0.25, 0.3) is 10.9 Å². The van der Waals surface area contributed by atoms with E-state index in [4.69, 9.17) is 15.4 Å². The molecule has 0 bridgehead atoms. The van der Waals surface area contributed by atoms with E-state index >= 15 is 0 Å². The van der Waals surface area contributed by atoms with Gasteiger partial charge in [-0.05, 0) is 68.2 Å². The van der Waals surface area contributed by atoms with Crippen LogP contribution in [0.4, 0.5) is 23.1 Å². The molecule has 0 radical (unpaired) electrons. The molecule has 1 aromatic carbocycles. The van der Waals surface area contributed by atoms with Crippen molar-refractivity contribution in [3.63, 3.8) is 0 Å². The number of carboxylic acids is 1. The normalized spacial score (nSPS) is 16.9. The quantitative estimate of drug-likeness (QED) is 0.404. The third kappa shape index (κ3) is 5.85. The number of aromatic amines is 1. The molecule has 11 nitrogen and oxygen atoms in total. The number of aromatic nitrogens is 4. The van der Waals surface area contributed by atoms with Crippen LogP contribution in [0.2, 0.25) is 0 Å². The predicted octanol–water partition coefficient (Wildman–Crippen LogP) is 3.67. The summed E-state index contributed by atoms with van der Waals surface area (Å²) in [5.74, 6) is 1.11. The number of carbonyl (C=O) groups is 1. The topological polar surface area (TPSA) is 151 Å². The number of carboxylic acid groups (broad SMARTS) is 1. The highest BCUT2D eigenvalue weighted by Gasteiger charge is 2.23. The third-order valence-electron chi connectivity index (χ3n) is 7.66. The third-order valence-corrected chi connectivity index (χ3v) is 7.66. The molecular weight excluding hydrogens is 484 g/mol. The number of fused-ring (bicyclic) bond motifs is 1. The lowest BCUT2D eigenvalue weighted by atomic mass is 9.92. The van der Waals surface area contributed by atoms with Gasteiger partial charge in [-0.1, -0.05) is 0 Å². The largest absolute Gasteiger partial charge is 0.481 e. The number of piperidine rings is 2. The molecule has 0 unspecified atom stereocenters. The predicted molar refractivity (Wildman–Crippen MR) is 145 cm³/mol. The molecular formula is C27H32N8O3. The Bertz CT molecular complexity index is 1370. The second-order valence-corrected chi connectivity index (χ2v) is 10.2. The van der Waals surface area contributed by atoms with Crippen molar-refractivity contribution >= 4 is 40.0 Å². The van der Waals surface area contributed by atoms with E-state index in [1.54, 1.807) is 6.20 Å². The van der Waals surface area contributed by atoms with Crippen molar-refractivity contribution in [1.82, 2.24) is 20.2 Å². The Kier molecular flexibility index (Phi) is 7.67. The highest BCUT2D eigenvalue weighted by Crippen LogP contribution is 2.30. The van der Waals surface area contributed by atoms with Gasteiger partial charge in [0.25, 0.3) is 5.56 Å². The van der Waals surface area contributed by atoms with Gasteiger partial charge in [-0.2, -0.15) is 15.3 Å². The Balaban J connectivity index is 1.30. The number of aliphatic carboxylic acids is 1. The van der Waals surface area contributed by atoms with E-state index in [-0.39, 0.29) is 12.0 Å². The summed E-state index contributed by atoms with van der Waals surface area (Å²) in [5, 5.41) is 28.0. The summed E-state index contributed by atoms with van der Waals surface area (Å²) in [6.07, 6.45) is 6.89. The zero-order valence-corrected chi connectivity index (χ0v) is 21.3. The zero-order chi connectivity index (χ0) is 26.5.